The van der Waals surface area contributed by atoms with E-state index in [-0.39, 0.29) is 35.8 Å². The molecule has 2 fully saturated rings. The first-order valence-corrected chi connectivity index (χ1v) is 13.9. The maximum absolute atomic E-state index is 14.0. The first kappa shape index (κ1) is 29.5. The molecular weight excluding hydrogens is 550 g/mol. The number of benzene rings is 1. The van der Waals surface area contributed by atoms with E-state index >= 15 is 0 Å². The van der Waals surface area contributed by atoms with Crippen LogP contribution >= 0.6 is 0 Å². The highest BCUT2D eigenvalue weighted by atomic mass is 16.5. The van der Waals surface area contributed by atoms with Gasteiger partial charge in [0.15, 0.2) is 11.4 Å². The van der Waals surface area contributed by atoms with Crippen molar-refractivity contribution in [1.82, 2.24) is 10.2 Å². The molecule has 13 nitrogen and oxygen atoms in total. The van der Waals surface area contributed by atoms with Gasteiger partial charge >= 0.3 is 5.97 Å². The summed E-state index contributed by atoms with van der Waals surface area (Å²) in [5, 5.41) is 48.0. The number of carbonyl (C=O) groups excluding carboxylic acids is 4. The van der Waals surface area contributed by atoms with Gasteiger partial charge in [-0.25, -0.2) is 0 Å². The van der Waals surface area contributed by atoms with E-state index in [4.69, 9.17) is 10.5 Å². The molecule has 5 atom stereocenters. The topological polar surface area (TPSA) is 209 Å². The van der Waals surface area contributed by atoms with Gasteiger partial charge in [-0.15, -0.1) is 0 Å². The number of hydrogen-bond donors (Lipinski definition) is 6. The minimum Gasteiger partial charge on any atom is -0.508 e. The van der Waals surface area contributed by atoms with Crippen LogP contribution in [0, 0.1) is 11.8 Å². The summed E-state index contributed by atoms with van der Waals surface area (Å²) in [5.74, 6) is -8.00. The van der Waals surface area contributed by atoms with Crippen LogP contribution in [-0.2, 0) is 30.3 Å². The van der Waals surface area contributed by atoms with Gasteiger partial charge in [0.05, 0.1) is 32.4 Å². The minimum absolute atomic E-state index is 0.0239. The second-order valence-corrected chi connectivity index (χ2v) is 11.1. The molecule has 4 aliphatic rings. The van der Waals surface area contributed by atoms with Crippen molar-refractivity contribution in [3.8, 4) is 11.5 Å². The molecule has 1 aliphatic heterocycles. The molecule has 0 bridgehead atoms. The van der Waals surface area contributed by atoms with Crippen molar-refractivity contribution in [3.05, 3.63) is 39.7 Å². The summed E-state index contributed by atoms with van der Waals surface area (Å²) in [6.07, 6.45) is 1.78. The second kappa shape index (κ2) is 10.7. The standard InChI is InChI=1S/C29H35N3O10/c1-4-32-7-5-6-16(32)13-10-17(33)20-14(25(13)42-3)8-12-9-15-22(31-11-18(34)41-2)24(36)21(28(30)39)27(38)29(15,40)26(37)19(12)23(20)35/h10,12,15-16,22,31,33,35,38,40H,4-9,11H2,1-3H3,(H2,30,39)/t12-,15-,16-,22-,29-/m0/s1. The molecular formula is C29H35N3O10. The number of aliphatic hydroxyl groups excluding tert-OH is 2. The molecule has 226 valence electrons. The van der Waals surface area contributed by atoms with E-state index in [9.17, 15) is 39.6 Å². The number of methoxy groups -OCH3 is 2. The Kier molecular flexibility index (Phi) is 7.54. The number of aromatic hydroxyl groups is 1. The predicted octanol–water partition coefficient (Wildman–Crippen LogP) is 0.330. The fourth-order valence-corrected chi connectivity index (χ4v) is 7.30. The Morgan fingerprint density at radius 3 is 2.55 bits per heavy atom. The largest absolute Gasteiger partial charge is 0.508 e. The van der Waals surface area contributed by atoms with Gasteiger partial charge < -0.3 is 35.6 Å². The number of nitrogens with two attached hydrogens (primary N) is 1. The molecule has 7 N–H and O–H groups in total. The number of ketones is 2. The fraction of sp³-hybridized carbons (Fsp3) is 0.517. The number of rotatable bonds is 7. The van der Waals surface area contributed by atoms with Gasteiger partial charge in [-0.1, -0.05) is 6.92 Å². The van der Waals surface area contributed by atoms with Crippen molar-refractivity contribution in [2.24, 2.45) is 17.6 Å². The van der Waals surface area contributed by atoms with Gasteiger partial charge in [-0.05, 0) is 50.8 Å². The molecule has 1 heterocycles. The Bertz CT molecular complexity index is 1450. The zero-order valence-corrected chi connectivity index (χ0v) is 23.6. The zero-order chi connectivity index (χ0) is 30.7. The molecule has 0 spiro atoms. The maximum Gasteiger partial charge on any atom is 0.319 e. The summed E-state index contributed by atoms with van der Waals surface area (Å²) >= 11 is 0. The van der Waals surface area contributed by atoms with Gasteiger partial charge in [0, 0.05) is 28.7 Å². The predicted molar refractivity (Wildman–Crippen MR) is 146 cm³/mol. The summed E-state index contributed by atoms with van der Waals surface area (Å²) in [5.41, 5.74) is 2.47. The number of phenols is 1. The molecule has 13 heteroatoms. The molecule has 0 radical (unpaired) electrons. The Balaban J connectivity index is 1.67. The number of primary amides is 1. The number of Topliss-reactive ketones (excluding diaryl/α,β-unsaturated/α-hetero) is 2. The van der Waals surface area contributed by atoms with Crippen molar-refractivity contribution in [2.45, 2.75) is 50.3 Å². The highest BCUT2D eigenvalue weighted by Gasteiger charge is 2.63. The number of hydrogen-bond acceptors (Lipinski definition) is 12. The van der Waals surface area contributed by atoms with E-state index in [1.165, 1.54) is 13.2 Å². The number of esters is 1. The lowest BCUT2D eigenvalue weighted by atomic mass is 9.57. The van der Waals surface area contributed by atoms with Crippen LogP contribution in [0.1, 0.15) is 48.9 Å². The number of nitrogens with zero attached hydrogens (tertiary/aromatic N) is 1. The lowest BCUT2D eigenvalue weighted by Gasteiger charge is -2.49. The first-order chi connectivity index (χ1) is 19.9. The molecule has 5 rings (SSSR count). The van der Waals surface area contributed by atoms with Crippen LogP contribution < -0.4 is 15.8 Å². The molecule has 0 aromatic heterocycles. The van der Waals surface area contributed by atoms with Crippen LogP contribution in [0.25, 0.3) is 5.76 Å². The lowest BCUT2D eigenvalue weighted by Crippen LogP contribution is -2.66. The first-order valence-electron chi connectivity index (χ1n) is 13.9. The normalized spacial score (nSPS) is 29.2. The van der Waals surface area contributed by atoms with E-state index in [1.54, 1.807) is 0 Å². The SMILES string of the molecule is CCN1CCC[C@H]1c1cc(O)c2c(c1OC)C[C@H]1C[C@H]3[C@H](NCC(=O)OC)C(=O)C(C(N)=O)=C(O)[C@@]3(O)C(=O)C1=C2O. The molecule has 1 amide bonds. The quantitative estimate of drug-likeness (QED) is 0.189. The van der Waals surface area contributed by atoms with Crippen LogP contribution in [0.4, 0.5) is 0 Å². The summed E-state index contributed by atoms with van der Waals surface area (Å²) in [6.45, 7) is 3.22. The average molecular weight is 586 g/mol. The molecule has 1 aromatic rings. The van der Waals surface area contributed by atoms with E-state index < -0.39 is 70.6 Å². The third kappa shape index (κ3) is 4.17. The lowest BCUT2D eigenvalue weighted by molar-refractivity contribution is -0.150. The zero-order valence-electron chi connectivity index (χ0n) is 23.6. The highest BCUT2D eigenvalue weighted by Crippen LogP contribution is 2.54. The van der Waals surface area contributed by atoms with Crippen LogP contribution in [0.5, 0.6) is 11.5 Å². The van der Waals surface area contributed by atoms with Crippen molar-refractivity contribution in [1.29, 1.82) is 0 Å². The van der Waals surface area contributed by atoms with E-state index in [1.807, 2.05) is 6.92 Å². The van der Waals surface area contributed by atoms with Crippen molar-refractivity contribution < 1.29 is 49.1 Å². The van der Waals surface area contributed by atoms with Crippen LogP contribution in [0.3, 0.4) is 0 Å². The average Bonchev–Trinajstić information content (AvgIpc) is 3.43. The Morgan fingerprint density at radius 1 is 1.21 bits per heavy atom. The number of likely N-dealkylation sites (tertiary alicyclic amines) is 1. The van der Waals surface area contributed by atoms with Crippen molar-refractivity contribution in [2.75, 3.05) is 33.9 Å². The van der Waals surface area contributed by atoms with Crippen LogP contribution in [-0.4, -0.2) is 94.3 Å². The number of ether oxygens (including phenoxy) is 2. The van der Waals surface area contributed by atoms with E-state index in [2.05, 4.69) is 15.0 Å². The van der Waals surface area contributed by atoms with Gasteiger partial charge in [0.25, 0.3) is 5.91 Å². The Morgan fingerprint density at radius 2 is 1.93 bits per heavy atom. The van der Waals surface area contributed by atoms with Crippen molar-refractivity contribution in [3.63, 3.8) is 0 Å². The minimum atomic E-state index is -2.82. The second-order valence-electron chi connectivity index (χ2n) is 11.1. The van der Waals surface area contributed by atoms with E-state index in [0.717, 1.165) is 38.6 Å². The highest BCUT2D eigenvalue weighted by molar-refractivity contribution is 6.24. The number of nitrogens with one attached hydrogen (secondary N) is 1. The maximum atomic E-state index is 14.0. The summed E-state index contributed by atoms with van der Waals surface area (Å²) in [7, 11) is 2.62. The smallest absolute Gasteiger partial charge is 0.319 e. The molecule has 1 aromatic carbocycles. The van der Waals surface area contributed by atoms with Gasteiger partial charge in [-0.3, -0.25) is 29.4 Å². The van der Waals surface area contributed by atoms with Crippen LogP contribution in [0.2, 0.25) is 0 Å². The molecule has 1 saturated heterocycles. The molecule has 42 heavy (non-hydrogen) atoms. The number of fused-ring (bicyclic) bond motifs is 3. The molecule has 1 saturated carbocycles. The Hall–Kier alpha value is -3.94. The van der Waals surface area contributed by atoms with Crippen LogP contribution in [0.15, 0.2) is 23.0 Å². The fourth-order valence-electron chi connectivity index (χ4n) is 7.30. The van der Waals surface area contributed by atoms with Gasteiger partial charge in [0.2, 0.25) is 5.78 Å². The Labute approximate surface area is 241 Å². The number of aliphatic hydroxyl groups is 3. The number of amides is 1. The summed E-state index contributed by atoms with van der Waals surface area (Å²) in [4.78, 5) is 53.7. The van der Waals surface area contributed by atoms with Gasteiger partial charge in [0.1, 0.15) is 28.6 Å². The monoisotopic (exact) mass is 585 g/mol. The van der Waals surface area contributed by atoms with E-state index in [0.29, 0.717) is 11.3 Å². The molecule has 0 unspecified atom stereocenters. The number of carbonyl (C=O) groups is 4. The molecule has 3 aliphatic carbocycles. The summed E-state index contributed by atoms with van der Waals surface area (Å²) < 4.78 is 10.5. The van der Waals surface area contributed by atoms with Crippen molar-refractivity contribution >= 4 is 29.2 Å². The third-order valence-corrected chi connectivity index (χ3v) is 9.21. The van der Waals surface area contributed by atoms with Gasteiger partial charge in [-0.2, -0.15) is 0 Å². The number of phenolic OH excluding ortho intramolecular Hbond substituents is 1. The summed E-state index contributed by atoms with van der Waals surface area (Å²) in [6, 6.07) is 0.0241. The third-order valence-electron chi connectivity index (χ3n) is 9.21.